The van der Waals surface area contributed by atoms with Gasteiger partial charge in [-0.1, -0.05) is 12.1 Å². The molecule has 1 heterocycles. The van der Waals surface area contributed by atoms with E-state index in [4.69, 9.17) is 9.84 Å². The van der Waals surface area contributed by atoms with Gasteiger partial charge in [-0.3, -0.25) is 4.79 Å². The maximum absolute atomic E-state index is 11.9. The minimum Gasteiger partial charge on any atom is -0.485 e. The number of rotatable bonds is 5. The maximum atomic E-state index is 11.9. The fraction of sp³-hybridized carbons (Fsp3) is 0.375. The molecule has 0 spiro atoms. The van der Waals surface area contributed by atoms with E-state index in [2.05, 4.69) is 9.97 Å². The standard InChI is InChI=1S/C16H20N2O3/c1-10-5-4-6-14(11(10)2)21-9-15-17-12(3)13(7-8-19)16(20)18-15/h4-6,19H,7-9H2,1-3H3,(H,17,18,20). The molecule has 0 unspecified atom stereocenters. The minimum atomic E-state index is -0.212. The van der Waals surface area contributed by atoms with E-state index >= 15 is 0 Å². The first-order valence-corrected chi connectivity index (χ1v) is 6.91. The van der Waals surface area contributed by atoms with Crippen molar-refractivity contribution in [3.8, 4) is 5.75 Å². The highest BCUT2D eigenvalue weighted by Crippen LogP contribution is 2.21. The van der Waals surface area contributed by atoms with Crippen LogP contribution in [0.1, 0.15) is 28.2 Å². The number of aryl methyl sites for hydroxylation is 2. The van der Waals surface area contributed by atoms with Crippen molar-refractivity contribution in [1.82, 2.24) is 9.97 Å². The van der Waals surface area contributed by atoms with Crippen LogP contribution in [-0.4, -0.2) is 21.7 Å². The molecular weight excluding hydrogens is 268 g/mol. The van der Waals surface area contributed by atoms with Crippen molar-refractivity contribution < 1.29 is 9.84 Å². The molecule has 0 bridgehead atoms. The Hall–Kier alpha value is -2.14. The largest absolute Gasteiger partial charge is 0.485 e. The van der Waals surface area contributed by atoms with Gasteiger partial charge in [-0.05, 0) is 38.0 Å². The number of nitrogens with one attached hydrogen (secondary N) is 1. The second-order valence-electron chi connectivity index (χ2n) is 5.04. The van der Waals surface area contributed by atoms with Crippen molar-refractivity contribution in [1.29, 1.82) is 0 Å². The van der Waals surface area contributed by atoms with Gasteiger partial charge in [0.25, 0.3) is 5.56 Å². The first-order chi connectivity index (χ1) is 10.0. The van der Waals surface area contributed by atoms with Crippen LogP contribution in [0.2, 0.25) is 0 Å². The Morgan fingerprint density at radius 2 is 2.05 bits per heavy atom. The Labute approximate surface area is 123 Å². The van der Waals surface area contributed by atoms with Crippen molar-refractivity contribution in [2.75, 3.05) is 6.61 Å². The molecule has 0 aliphatic heterocycles. The first kappa shape index (κ1) is 15.3. The molecule has 1 aromatic carbocycles. The normalized spacial score (nSPS) is 10.7. The van der Waals surface area contributed by atoms with E-state index in [1.165, 1.54) is 0 Å². The number of benzene rings is 1. The summed E-state index contributed by atoms with van der Waals surface area (Å²) in [5.41, 5.74) is 3.17. The molecule has 5 nitrogen and oxygen atoms in total. The molecule has 0 saturated carbocycles. The zero-order valence-electron chi connectivity index (χ0n) is 12.6. The van der Waals surface area contributed by atoms with Crippen LogP contribution in [0.25, 0.3) is 0 Å². The average Bonchev–Trinajstić information content (AvgIpc) is 2.44. The number of hydrogen-bond donors (Lipinski definition) is 2. The molecule has 2 rings (SSSR count). The lowest BCUT2D eigenvalue weighted by Crippen LogP contribution is -2.21. The number of aliphatic hydroxyl groups excluding tert-OH is 1. The summed E-state index contributed by atoms with van der Waals surface area (Å²) in [5.74, 6) is 1.27. The van der Waals surface area contributed by atoms with Crippen molar-refractivity contribution in [2.24, 2.45) is 0 Å². The predicted octanol–water partition coefficient (Wildman–Crippen LogP) is 1.81. The Morgan fingerprint density at radius 1 is 1.29 bits per heavy atom. The van der Waals surface area contributed by atoms with Crippen LogP contribution in [0.15, 0.2) is 23.0 Å². The Kier molecular flexibility index (Phi) is 4.75. The quantitative estimate of drug-likeness (QED) is 0.880. The van der Waals surface area contributed by atoms with Gasteiger partial charge in [0.15, 0.2) is 0 Å². The molecule has 0 atom stereocenters. The fourth-order valence-electron chi connectivity index (χ4n) is 2.17. The molecule has 2 aromatic rings. The molecule has 0 saturated heterocycles. The van der Waals surface area contributed by atoms with Crippen LogP contribution in [0.5, 0.6) is 5.75 Å². The van der Waals surface area contributed by atoms with Gasteiger partial charge >= 0.3 is 0 Å². The Balaban J connectivity index is 2.17. The number of aromatic nitrogens is 2. The summed E-state index contributed by atoms with van der Waals surface area (Å²) in [6.45, 7) is 5.93. The maximum Gasteiger partial charge on any atom is 0.254 e. The molecule has 0 aliphatic rings. The first-order valence-electron chi connectivity index (χ1n) is 6.91. The van der Waals surface area contributed by atoms with Crippen LogP contribution in [0.3, 0.4) is 0 Å². The van der Waals surface area contributed by atoms with E-state index in [1.54, 1.807) is 6.92 Å². The predicted molar refractivity (Wildman–Crippen MR) is 80.6 cm³/mol. The van der Waals surface area contributed by atoms with Gasteiger partial charge in [-0.2, -0.15) is 0 Å². The van der Waals surface area contributed by atoms with E-state index in [1.807, 2.05) is 32.0 Å². The number of aliphatic hydroxyl groups is 1. The summed E-state index contributed by atoms with van der Waals surface area (Å²) in [5, 5.41) is 8.94. The fourth-order valence-corrected chi connectivity index (χ4v) is 2.17. The summed E-state index contributed by atoms with van der Waals surface area (Å²) >= 11 is 0. The zero-order valence-corrected chi connectivity index (χ0v) is 12.6. The molecular formula is C16H20N2O3. The SMILES string of the molecule is Cc1cccc(OCc2nc(C)c(CCO)c(=O)[nH]2)c1C. The van der Waals surface area contributed by atoms with E-state index < -0.39 is 0 Å². The Morgan fingerprint density at radius 3 is 2.71 bits per heavy atom. The molecule has 0 amide bonds. The summed E-state index contributed by atoms with van der Waals surface area (Å²) in [7, 11) is 0. The summed E-state index contributed by atoms with van der Waals surface area (Å²) in [4.78, 5) is 19.0. The van der Waals surface area contributed by atoms with Gasteiger partial charge in [0.1, 0.15) is 18.2 Å². The molecule has 21 heavy (non-hydrogen) atoms. The summed E-state index contributed by atoms with van der Waals surface area (Å²) in [6.07, 6.45) is 0.312. The number of aromatic amines is 1. The highest BCUT2D eigenvalue weighted by Gasteiger charge is 2.09. The lowest BCUT2D eigenvalue weighted by molar-refractivity contribution is 0.290. The molecule has 0 fully saturated rings. The van der Waals surface area contributed by atoms with E-state index in [0.29, 0.717) is 23.5 Å². The zero-order chi connectivity index (χ0) is 15.4. The lowest BCUT2D eigenvalue weighted by atomic mass is 10.1. The molecule has 1 aromatic heterocycles. The van der Waals surface area contributed by atoms with Crippen molar-refractivity contribution in [3.63, 3.8) is 0 Å². The van der Waals surface area contributed by atoms with Gasteiger partial charge in [0.2, 0.25) is 0 Å². The third-order valence-electron chi connectivity index (χ3n) is 3.55. The molecule has 5 heteroatoms. The van der Waals surface area contributed by atoms with Crippen molar-refractivity contribution in [3.05, 3.63) is 56.8 Å². The highest BCUT2D eigenvalue weighted by molar-refractivity contribution is 5.38. The Bertz CT molecular complexity index is 692. The monoisotopic (exact) mass is 288 g/mol. The van der Waals surface area contributed by atoms with E-state index in [0.717, 1.165) is 16.9 Å². The lowest BCUT2D eigenvalue weighted by Gasteiger charge is -2.11. The topological polar surface area (TPSA) is 75.2 Å². The highest BCUT2D eigenvalue weighted by atomic mass is 16.5. The minimum absolute atomic E-state index is 0.0655. The van der Waals surface area contributed by atoms with Crippen LogP contribution in [0.4, 0.5) is 0 Å². The molecule has 0 radical (unpaired) electrons. The summed E-state index contributed by atoms with van der Waals surface area (Å²) in [6, 6.07) is 5.85. The second-order valence-corrected chi connectivity index (χ2v) is 5.04. The van der Waals surface area contributed by atoms with Crippen LogP contribution >= 0.6 is 0 Å². The van der Waals surface area contributed by atoms with Crippen LogP contribution < -0.4 is 10.3 Å². The third-order valence-corrected chi connectivity index (χ3v) is 3.55. The average molecular weight is 288 g/mol. The molecule has 112 valence electrons. The van der Waals surface area contributed by atoms with Gasteiger partial charge in [-0.15, -0.1) is 0 Å². The van der Waals surface area contributed by atoms with E-state index in [-0.39, 0.29) is 18.8 Å². The molecule has 2 N–H and O–H groups in total. The number of nitrogens with zero attached hydrogens (tertiary/aromatic N) is 1. The summed E-state index contributed by atoms with van der Waals surface area (Å²) < 4.78 is 5.73. The van der Waals surface area contributed by atoms with Gasteiger partial charge in [0.05, 0.1) is 0 Å². The number of ether oxygens (including phenoxy) is 1. The number of H-pyrrole nitrogens is 1. The van der Waals surface area contributed by atoms with Gasteiger partial charge in [-0.25, -0.2) is 4.98 Å². The molecule has 0 aliphatic carbocycles. The van der Waals surface area contributed by atoms with Gasteiger partial charge < -0.3 is 14.8 Å². The van der Waals surface area contributed by atoms with Crippen molar-refractivity contribution >= 4 is 0 Å². The second kappa shape index (κ2) is 6.54. The number of hydrogen-bond acceptors (Lipinski definition) is 4. The van der Waals surface area contributed by atoms with E-state index in [9.17, 15) is 4.79 Å². The van der Waals surface area contributed by atoms with Crippen LogP contribution in [-0.2, 0) is 13.0 Å². The third kappa shape index (κ3) is 3.49. The van der Waals surface area contributed by atoms with Crippen molar-refractivity contribution in [2.45, 2.75) is 33.8 Å². The van der Waals surface area contributed by atoms with Crippen LogP contribution in [0, 0.1) is 20.8 Å². The smallest absolute Gasteiger partial charge is 0.254 e. The van der Waals surface area contributed by atoms with Gasteiger partial charge in [0, 0.05) is 24.3 Å².